The zero-order chi connectivity index (χ0) is 14.8. The lowest BCUT2D eigenvalue weighted by Crippen LogP contribution is -2.44. The van der Waals surface area contributed by atoms with Gasteiger partial charge in [-0.3, -0.25) is 14.3 Å². The van der Waals surface area contributed by atoms with Gasteiger partial charge >= 0.3 is 5.69 Å². The van der Waals surface area contributed by atoms with Crippen LogP contribution < -0.4 is 21.9 Å². The molecule has 0 amide bonds. The van der Waals surface area contributed by atoms with Crippen LogP contribution in [-0.2, 0) is 6.54 Å². The Labute approximate surface area is 111 Å². The minimum atomic E-state index is -0.970. The summed E-state index contributed by atoms with van der Waals surface area (Å²) in [6, 6.07) is 0. The maximum atomic E-state index is 11.9. The Morgan fingerprint density at radius 2 is 1.95 bits per heavy atom. The van der Waals surface area contributed by atoms with Crippen molar-refractivity contribution >= 4 is 11.5 Å². The minimum absolute atomic E-state index is 0.127. The summed E-state index contributed by atoms with van der Waals surface area (Å²) in [6.07, 6.45) is 0. The number of H-pyrrole nitrogens is 1. The van der Waals surface area contributed by atoms with E-state index < -0.39 is 16.9 Å². The van der Waals surface area contributed by atoms with Crippen molar-refractivity contribution in [2.45, 2.75) is 39.8 Å². The Balaban J connectivity index is 3.40. The van der Waals surface area contributed by atoms with Gasteiger partial charge < -0.3 is 15.7 Å². The number of nitrogens with one attached hydrogen (secondary N) is 1. The molecule has 0 aromatic carbocycles. The number of aromatic amines is 1. The molecule has 0 spiro atoms. The van der Waals surface area contributed by atoms with E-state index in [0.29, 0.717) is 13.1 Å². The molecule has 0 fully saturated rings. The molecule has 108 valence electrons. The summed E-state index contributed by atoms with van der Waals surface area (Å²) in [5, 5.41) is 9.88. The molecule has 7 nitrogen and oxygen atoms in total. The van der Waals surface area contributed by atoms with Crippen LogP contribution in [0.4, 0.5) is 11.5 Å². The average Bonchev–Trinajstić information content (AvgIpc) is 2.25. The summed E-state index contributed by atoms with van der Waals surface area (Å²) in [5.41, 5.74) is 4.12. The molecule has 0 aliphatic heterocycles. The van der Waals surface area contributed by atoms with Crippen molar-refractivity contribution in [1.29, 1.82) is 0 Å². The molecule has 1 heterocycles. The lowest BCUT2D eigenvalue weighted by Gasteiger charge is -2.30. The first kappa shape index (κ1) is 15.3. The number of rotatable bonds is 5. The number of anilines is 2. The van der Waals surface area contributed by atoms with E-state index in [9.17, 15) is 14.7 Å². The molecule has 1 aromatic rings. The molecule has 0 bridgehead atoms. The zero-order valence-corrected chi connectivity index (χ0v) is 11.9. The number of nitrogen functional groups attached to an aromatic ring is 1. The Kier molecular flexibility index (Phi) is 4.41. The smallest absolute Gasteiger partial charge is 0.330 e. The fourth-order valence-electron chi connectivity index (χ4n) is 2.01. The third-order valence-electron chi connectivity index (χ3n) is 2.81. The van der Waals surface area contributed by atoms with Gasteiger partial charge in [-0.1, -0.05) is 0 Å². The first-order chi connectivity index (χ1) is 8.71. The van der Waals surface area contributed by atoms with Crippen LogP contribution in [0.5, 0.6) is 0 Å². The summed E-state index contributed by atoms with van der Waals surface area (Å²) in [7, 11) is 0. The number of hydrogen-bond donors (Lipinski definition) is 3. The topological polar surface area (TPSA) is 104 Å². The third-order valence-corrected chi connectivity index (χ3v) is 2.81. The highest BCUT2D eigenvalue weighted by Crippen LogP contribution is 2.18. The van der Waals surface area contributed by atoms with E-state index in [4.69, 9.17) is 5.73 Å². The van der Waals surface area contributed by atoms with Gasteiger partial charge in [-0.05, 0) is 27.7 Å². The number of nitrogens with two attached hydrogens (primary N) is 1. The normalized spacial score (nSPS) is 11.6. The van der Waals surface area contributed by atoms with E-state index >= 15 is 0 Å². The van der Waals surface area contributed by atoms with Crippen LogP contribution >= 0.6 is 0 Å². The first-order valence-corrected chi connectivity index (χ1v) is 6.31. The third kappa shape index (κ3) is 3.37. The van der Waals surface area contributed by atoms with Crippen molar-refractivity contribution in [2.24, 2.45) is 0 Å². The van der Waals surface area contributed by atoms with Crippen molar-refractivity contribution in [1.82, 2.24) is 9.55 Å². The highest BCUT2D eigenvalue weighted by Gasteiger charge is 2.23. The SMILES string of the molecule is CCN(CC(C)(C)O)c1c(N)n(CC)c(=O)[nH]c1=O. The van der Waals surface area contributed by atoms with Crippen LogP contribution in [0.25, 0.3) is 0 Å². The first-order valence-electron chi connectivity index (χ1n) is 6.31. The summed E-state index contributed by atoms with van der Waals surface area (Å²) in [6.45, 7) is 8.04. The van der Waals surface area contributed by atoms with Crippen LogP contribution in [0.2, 0.25) is 0 Å². The van der Waals surface area contributed by atoms with Crippen LogP contribution in [0.15, 0.2) is 9.59 Å². The molecule has 0 saturated heterocycles. The lowest BCUT2D eigenvalue weighted by atomic mass is 10.1. The maximum absolute atomic E-state index is 11.9. The summed E-state index contributed by atoms with van der Waals surface area (Å²) < 4.78 is 1.30. The molecule has 19 heavy (non-hydrogen) atoms. The summed E-state index contributed by atoms with van der Waals surface area (Å²) in [4.78, 5) is 27.5. The van der Waals surface area contributed by atoms with Gasteiger partial charge in [0.1, 0.15) is 11.5 Å². The van der Waals surface area contributed by atoms with E-state index in [0.717, 1.165) is 0 Å². The van der Waals surface area contributed by atoms with E-state index in [1.54, 1.807) is 25.7 Å². The van der Waals surface area contributed by atoms with Crippen LogP contribution in [0, 0.1) is 0 Å². The molecule has 0 aliphatic rings. The quantitative estimate of drug-likeness (QED) is 0.683. The van der Waals surface area contributed by atoms with Crippen molar-refractivity contribution in [2.75, 3.05) is 23.7 Å². The largest absolute Gasteiger partial charge is 0.389 e. The van der Waals surface area contributed by atoms with Crippen LogP contribution in [-0.4, -0.2) is 33.3 Å². The molecule has 0 aliphatic carbocycles. The van der Waals surface area contributed by atoms with Gasteiger partial charge in [-0.2, -0.15) is 0 Å². The highest BCUT2D eigenvalue weighted by atomic mass is 16.3. The maximum Gasteiger partial charge on any atom is 0.330 e. The second kappa shape index (κ2) is 5.48. The molecule has 0 atom stereocenters. The molecule has 7 heteroatoms. The fraction of sp³-hybridized carbons (Fsp3) is 0.667. The van der Waals surface area contributed by atoms with Crippen molar-refractivity contribution < 1.29 is 5.11 Å². The Morgan fingerprint density at radius 1 is 1.37 bits per heavy atom. The second-order valence-corrected chi connectivity index (χ2v) is 5.06. The number of aromatic nitrogens is 2. The Morgan fingerprint density at radius 3 is 2.37 bits per heavy atom. The summed E-state index contributed by atoms with van der Waals surface area (Å²) in [5.74, 6) is 0.127. The standard InChI is InChI=1S/C12H22N4O3/c1-5-15(7-12(3,4)19)8-9(13)16(6-2)11(18)14-10(8)17/h19H,5-7,13H2,1-4H3,(H,14,17,18). The predicted molar refractivity (Wildman–Crippen MR) is 75.6 cm³/mol. The van der Waals surface area contributed by atoms with Gasteiger partial charge in [0.05, 0.1) is 5.60 Å². The van der Waals surface area contributed by atoms with Gasteiger partial charge in [0.25, 0.3) is 5.56 Å². The van der Waals surface area contributed by atoms with Gasteiger partial charge in [-0.15, -0.1) is 0 Å². The second-order valence-electron chi connectivity index (χ2n) is 5.06. The number of nitrogens with zero attached hydrogens (tertiary/aromatic N) is 2. The van der Waals surface area contributed by atoms with E-state index in [1.807, 2.05) is 6.92 Å². The van der Waals surface area contributed by atoms with E-state index in [1.165, 1.54) is 4.57 Å². The van der Waals surface area contributed by atoms with Crippen molar-refractivity contribution in [3.63, 3.8) is 0 Å². The molecule has 0 saturated carbocycles. The van der Waals surface area contributed by atoms with Gasteiger partial charge in [0.15, 0.2) is 0 Å². The van der Waals surface area contributed by atoms with E-state index in [2.05, 4.69) is 4.98 Å². The van der Waals surface area contributed by atoms with Gasteiger partial charge in [-0.25, -0.2) is 4.79 Å². The molecular formula is C12H22N4O3. The number of aliphatic hydroxyl groups is 1. The van der Waals surface area contributed by atoms with Crippen LogP contribution in [0.1, 0.15) is 27.7 Å². The molecule has 1 aromatic heterocycles. The fourth-order valence-corrected chi connectivity index (χ4v) is 2.01. The van der Waals surface area contributed by atoms with E-state index in [-0.39, 0.29) is 18.1 Å². The highest BCUT2D eigenvalue weighted by molar-refractivity contribution is 5.62. The van der Waals surface area contributed by atoms with Crippen molar-refractivity contribution in [3.8, 4) is 0 Å². The van der Waals surface area contributed by atoms with Crippen molar-refractivity contribution in [3.05, 3.63) is 20.8 Å². The average molecular weight is 270 g/mol. The van der Waals surface area contributed by atoms with Gasteiger partial charge in [0.2, 0.25) is 0 Å². The van der Waals surface area contributed by atoms with Crippen LogP contribution in [0.3, 0.4) is 0 Å². The molecular weight excluding hydrogens is 248 g/mol. The monoisotopic (exact) mass is 270 g/mol. The Hall–Kier alpha value is -1.76. The number of likely N-dealkylation sites (N-methyl/N-ethyl adjacent to an activating group) is 1. The molecule has 0 radical (unpaired) electrons. The molecule has 1 rings (SSSR count). The van der Waals surface area contributed by atoms with Gasteiger partial charge in [0, 0.05) is 19.6 Å². The minimum Gasteiger partial charge on any atom is -0.389 e. The molecule has 0 unspecified atom stereocenters. The predicted octanol–water partition coefficient (Wildman–Crippen LogP) is -0.264. The Bertz CT molecular complexity index is 554. The zero-order valence-electron chi connectivity index (χ0n) is 11.9. The number of hydrogen-bond acceptors (Lipinski definition) is 5. The summed E-state index contributed by atoms with van der Waals surface area (Å²) >= 11 is 0. The molecule has 4 N–H and O–H groups in total. The lowest BCUT2D eigenvalue weighted by molar-refractivity contribution is 0.0875.